The van der Waals surface area contributed by atoms with Crippen LogP contribution in [0.1, 0.15) is 24.1 Å². The van der Waals surface area contributed by atoms with Gasteiger partial charge in [0.2, 0.25) is 0 Å². The van der Waals surface area contributed by atoms with Crippen LogP contribution in [0.15, 0.2) is 41.3 Å². The molecule has 23 heavy (non-hydrogen) atoms. The maximum absolute atomic E-state index is 12.8. The Morgan fingerprint density at radius 3 is 3.00 bits per heavy atom. The topological polar surface area (TPSA) is 78.9 Å². The summed E-state index contributed by atoms with van der Waals surface area (Å²) in [5, 5.41) is 14.4. The largest absolute Gasteiger partial charge is 0.337 e. The maximum atomic E-state index is 12.8. The van der Waals surface area contributed by atoms with Crippen molar-refractivity contribution in [2.75, 3.05) is 0 Å². The minimum atomic E-state index is -0.171. The van der Waals surface area contributed by atoms with E-state index in [1.165, 1.54) is 10.7 Å². The highest BCUT2D eigenvalue weighted by atomic mass is 16.1. The summed E-state index contributed by atoms with van der Waals surface area (Å²) in [6.45, 7) is 2.01. The standard InChI is InChI=1S/C17H11N5O/c1-9-14-15(13-6-10-4-2-3-5-12(10)21(9)13)20-16-11(7-18)8-19-22(16)17(14)23/h2-6,8-9,20H,1H3. The van der Waals surface area contributed by atoms with Gasteiger partial charge in [0.25, 0.3) is 5.56 Å². The molecule has 5 rings (SSSR count). The molecule has 3 aromatic heterocycles. The third-order valence-corrected chi connectivity index (χ3v) is 4.63. The van der Waals surface area contributed by atoms with E-state index in [0.717, 1.165) is 22.3 Å². The molecule has 0 saturated carbocycles. The van der Waals surface area contributed by atoms with Crippen LogP contribution in [0.4, 0.5) is 0 Å². The van der Waals surface area contributed by atoms with Crippen LogP contribution in [0, 0.1) is 11.3 Å². The summed E-state index contributed by atoms with van der Waals surface area (Å²) in [5.41, 5.74) is 4.18. The number of aromatic amines is 1. The molecule has 4 aromatic rings. The molecule has 1 aliphatic heterocycles. The normalized spacial score (nSPS) is 15.7. The van der Waals surface area contributed by atoms with Crippen LogP contribution in [0.25, 0.3) is 27.9 Å². The zero-order valence-corrected chi connectivity index (χ0v) is 12.2. The minimum Gasteiger partial charge on any atom is -0.337 e. The number of H-pyrrole nitrogens is 1. The first-order chi connectivity index (χ1) is 11.2. The van der Waals surface area contributed by atoms with E-state index < -0.39 is 0 Å². The highest BCUT2D eigenvalue weighted by molar-refractivity contribution is 5.89. The molecule has 4 heterocycles. The van der Waals surface area contributed by atoms with Crippen molar-refractivity contribution >= 4 is 16.6 Å². The molecule has 110 valence electrons. The van der Waals surface area contributed by atoms with Crippen LogP contribution in [-0.2, 0) is 0 Å². The minimum absolute atomic E-state index is 0.0808. The van der Waals surface area contributed by atoms with E-state index in [2.05, 4.69) is 38.9 Å². The first kappa shape index (κ1) is 12.2. The maximum Gasteiger partial charge on any atom is 0.280 e. The van der Waals surface area contributed by atoms with E-state index in [1.807, 2.05) is 19.1 Å². The van der Waals surface area contributed by atoms with Crippen molar-refractivity contribution in [2.24, 2.45) is 0 Å². The lowest BCUT2D eigenvalue weighted by Gasteiger charge is -2.09. The molecule has 1 N–H and O–H groups in total. The fourth-order valence-corrected chi connectivity index (χ4v) is 3.62. The molecule has 1 aliphatic rings. The predicted octanol–water partition coefficient (Wildman–Crippen LogP) is 2.44. The predicted molar refractivity (Wildman–Crippen MR) is 85.3 cm³/mol. The molecular weight excluding hydrogens is 290 g/mol. The molecule has 1 unspecified atom stereocenters. The number of nitrogens with zero attached hydrogens (tertiary/aromatic N) is 4. The van der Waals surface area contributed by atoms with Crippen LogP contribution < -0.4 is 5.56 Å². The summed E-state index contributed by atoms with van der Waals surface area (Å²) in [6.07, 6.45) is 1.42. The monoisotopic (exact) mass is 301 g/mol. The molecule has 0 saturated heterocycles. The fourth-order valence-electron chi connectivity index (χ4n) is 3.62. The number of hydrogen-bond donors (Lipinski definition) is 1. The zero-order valence-electron chi connectivity index (χ0n) is 12.2. The summed E-state index contributed by atoms with van der Waals surface area (Å²) in [6, 6.07) is 12.2. The van der Waals surface area contributed by atoms with Crippen LogP contribution >= 0.6 is 0 Å². The Kier molecular flexibility index (Phi) is 2.07. The second kappa shape index (κ2) is 3.90. The number of benzene rings is 1. The zero-order chi connectivity index (χ0) is 15.7. The molecular formula is C17H11N5O. The molecule has 6 heteroatoms. The Morgan fingerprint density at radius 2 is 2.17 bits per heavy atom. The van der Waals surface area contributed by atoms with Crippen LogP contribution in [0.5, 0.6) is 0 Å². The average molecular weight is 301 g/mol. The quantitative estimate of drug-likeness (QED) is 0.542. The lowest BCUT2D eigenvalue weighted by Crippen LogP contribution is -2.22. The van der Waals surface area contributed by atoms with Crippen molar-refractivity contribution in [3.63, 3.8) is 0 Å². The van der Waals surface area contributed by atoms with Gasteiger partial charge in [-0.2, -0.15) is 14.9 Å². The molecule has 0 radical (unpaired) electrons. The van der Waals surface area contributed by atoms with Crippen molar-refractivity contribution in [3.8, 4) is 17.5 Å². The summed E-state index contributed by atoms with van der Waals surface area (Å²) < 4.78 is 3.44. The Hall–Kier alpha value is -3.33. The van der Waals surface area contributed by atoms with E-state index in [0.29, 0.717) is 16.8 Å². The van der Waals surface area contributed by atoms with Gasteiger partial charge < -0.3 is 9.55 Å². The fraction of sp³-hybridized carbons (Fsp3) is 0.118. The summed E-state index contributed by atoms with van der Waals surface area (Å²) in [4.78, 5) is 16.1. The molecule has 0 aliphatic carbocycles. The van der Waals surface area contributed by atoms with Crippen molar-refractivity contribution in [1.29, 1.82) is 5.26 Å². The Labute approximate surface area is 130 Å². The SMILES string of the molecule is CC1c2c([nH]c3c(C#N)cnn3c2=O)-c2cc3ccccc3n21. The van der Waals surface area contributed by atoms with Crippen LogP contribution in [0.3, 0.4) is 0 Å². The highest BCUT2D eigenvalue weighted by Crippen LogP contribution is 2.41. The van der Waals surface area contributed by atoms with Crippen LogP contribution in [-0.4, -0.2) is 19.2 Å². The van der Waals surface area contributed by atoms with E-state index in [9.17, 15) is 10.1 Å². The number of nitrogens with one attached hydrogen (secondary N) is 1. The van der Waals surface area contributed by atoms with Crippen LogP contribution in [0.2, 0.25) is 0 Å². The Balaban J connectivity index is 1.96. The van der Waals surface area contributed by atoms with Gasteiger partial charge in [-0.15, -0.1) is 0 Å². The number of hydrogen-bond acceptors (Lipinski definition) is 3. The molecule has 1 atom stereocenters. The lowest BCUT2D eigenvalue weighted by atomic mass is 10.1. The average Bonchev–Trinajstić information content (AvgIpc) is 3.21. The van der Waals surface area contributed by atoms with E-state index >= 15 is 0 Å². The lowest BCUT2D eigenvalue weighted by molar-refractivity contribution is 0.684. The smallest absolute Gasteiger partial charge is 0.280 e. The number of aromatic nitrogens is 4. The highest BCUT2D eigenvalue weighted by Gasteiger charge is 2.32. The second-order valence-corrected chi connectivity index (χ2v) is 5.78. The molecule has 0 fully saturated rings. The second-order valence-electron chi connectivity index (χ2n) is 5.78. The van der Waals surface area contributed by atoms with Gasteiger partial charge in [-0.25, -0.2) is 0 Å². The van der Waals surface area contributed by atoms with Gasteiger partial charge in [0.15, 0.2) is 5.65 Å². The Morgan fingerprint density at radius 1 is 1.35 bits per heavy atom. The van der Waals surface area contributed by atoms with E-state index in [4.69, 9.17) is 0 Å². The van der Waals surface area contributed by atoms with Gasteiger partial charge in [-0.3, -0.25) is 4.79 Å². The van der Waals surface area contributed by atoms with Gasteiger partial charge in [0.05, 0.1) is 29.2 Å². The molecule has 1 aromatic carbocycles. The molecule has 0 spiro atoms. The summed E-state index contributed by atoms with van der Waals surface area (Å²) in [5.74, 6) is 0. The van der Waals surface area contributed by atoms with Crippen molar-refractivity contribution in [2.45, 2.75) is 13.0 Å². The number of fused-ring (bicyclic) bond motifs is 6. The van der Waals surface area contributed by atoms with Crippen molar-refractivity contribution in [1.82, 2.24) is 19.2 Å². The summed E-state index contributed by atoms with van der Waals surface area (Å²) in [7, 11) is 0. The van der Waals surface area contributed by atoms with Gasteiger partial charge in [0.1, 0.15) is 11.6 Å². The number of nitriles is 1. The first-order valence-corrected chi connectivity index (χ1v) is 7.35. The number of para-hydroxylation sites is 1. The first-order valence-electron chi connectivity index (χ1n) is 7.35. The molecule has 0 amide bonds. The third kappa shape index (κ3) is 1.32. The van der Waals surface area contributed by atoms with Gasteiger partial charge in [-0.1, -0.05) is 18.2 Å². The molecule has 6 nitrogen and oxygen atoms in total. The van der Waals surface area contributed by atoms with Crippen molar-refractivity contribution < 1.29 is 0 Å². The van der Waals surface area contributed by atoms with Gasteiger partial charge in [-0.05, 0) is 19.1 Å². The summed E-state index contributed by atoms with van der Waals surface area (Å²) >= 11 is 0. The molecule has 0 bridgehead atoms. The number of rotatable bonds is 0. The van der Waals surface area contributed by atoms with Gasteiger partial charge >= 0.3 is 0 Å². The van der Waals surface area contributed by atoms with E-state index in [1.54, 1.807) is 0 Å². The van der Waals surface area contributed by atoms with Gasteiger partial charge in [0, 0.05) is 10.9 Å². The van der Waals surface area contributed by atoms with E-state index in [-0.39, 0.29) is 11.6 Å². The Bertz CT molecular complexity index is 1220. The van der Waals surface area contributed by atoms with Crippen molar-refractivity contribution in [3.05, 3.63) is 58.0 Å². The third-order valence-electron chi connectivity index (χ3n) is 4.63.